The second kappa shape index (κ2) is 6.42. The van der Waals surface area contributed by atoms with E-state index in [2.05, 4.69) is 5.32 Å². The maximum absolute atomic E-state index is 13.1. The van der Waals surface area contributed by atoms with Gasteiger partial charge in [-0.15, -0.1) is 0 Å². The minimum atomic E-state index is 0.0901. The number of carbonyl (C=O) groups is 1. The van der Waals surface area contributed by atoms with E-state index in [1.807, 2.05) is 65.6 Å². The summed E-state index contributed by atoms with van der Waals surface area (Å²) in [6.45, 7) is 3.19. The van der Waals surface area contributed by atoms with Crippen molar-refractivity contribution in [3.63, 3.8) is 0 Å². The van der Waals surface area contributed by atoms with Gasteiger partial charge in [0.15, 0.2) is 0 Å². The predicted octanol–water partition coefficient (Wildman–Crippen LogP) is 2.95. The number of para-hydroxylation sites is 1. The molecule has 1 saturated heterocycles. The van der Waals surface area contributed by atoms with Gasteiger partial charge >= 0.3 is 0 Å². The van der Waals surface area contributed by atoms with Gasteiger partial charge in [0.05, 0.1) is 16.8 Å². The molecule has 0 unspecified atom stereocenters. The summed E-state index contributed by atoms with van der Waals surface area (Å²) in [5.74, 6) is 0.0901. The fraction of sp³-hybridized carbons (Fsp3) is 0.200. The highest BCUT2D eigenvalue weighted by molar-refractivity contribution is 6.07. The molecule has 4 heteroatoms. The number of fused-ring (bicyclic) bond motifs is 1. The number of carbonyl (C=O) groups excluding carboxylic acids is 1. The van der Waals surface area contributed by atoms with Gasteiger partial charge in [0.2, 0.25) is 0 Å². The minimum absolute atomic E-state index is 0.0901. The molecule has 1 aromatic heterocycles. The molecule has 3 aromatic rings. The molecule has 1 N–H and O–H groups in total. The highest BCUT2D eigenvalue weighted by atomic mass is 16.2. The van der Waals surface area contributed by atoms with Crippen LogP contribution in [0.5, 0.6) is 0 Å². The lowest BCUT2D eigenvalue weighted by Gasteiger charge is -2.28. The van der Waals surface area contributed by atoms with Crippen molar-refractivity contribution in [1.82, 2.24) is 15.2 Å². The van der Waals surface area contributed by atoms with Crippen LogP contribution in [0.2, 0.25) is 0 Å². The smallest absolute Gasteiger partial charge is 0.254 e. The van der Waals surface area contributed by atoms with Crippen molar-refractivity contribution >= 4 is 16.8 Å². The Kier molecular flexibility index (Phi) is 3.97. The summed E-state index contributed by atoms with van der Waals surface area (Å²) in [6.07, 6.45) is 0. The van der Waals surface area contributed by atoms with Gasteiger partial charge in [0.1, 0.15) is 0 Å². The molecule has 4 rings (SSSR count). The van der Waals surface area contributed by atoms with Crippen molar-refractivity contribution in [3.05, 3.63) is 66.2 Å². The number of aromatic nitrogens is 1. The summed E-state index contributed by atoms with van der Waals surface area (Å²) in [4.78, 5) is 19.7. The monoisotopic (exact) mass is 317 g/mol. The lowest BCUT2D eigenvalue weighted by Crippen LogP contribution is -2.46. The van der Waals surface area contributed by atoms with Crippen LogP contribution in [0.4, 0.5) is 0 Å². The molecule has 2 aromatic carbocycles. The van der Waals surface area contributed by atoms with E-state index in [9.17, 15) is 4.79 Å². The first-order chi connectivity index (χ1) is 11.8. The summed E-state index contributed by atoms with van der Waals surface area (Å²) in [6, 6.07) is 19.8. The van der Waals surface area contributed by atoms with E-state index in [1.165, 1.54) is 0 Å². The van der Waals surface area contributed by atoms with Crippen molar-refractivity contribution < 1.29 is 4.79 Å². The molecule has 0 radical (unpaired) electrons. The highest BCUT2D eigenvalue weighted by Gasteiger charge is 2.21. The molecule has 0 bridgehead atoms. The van der Waals surface area contributed by atoms with Crippen LogP contribution in [0.25, 0.3) is 22.2 Å². The average Bonchev–Trinajstić information content (AvgIpc) is 2.68. The second-order valence-electron chi connectivity index (χ2n) is 5.98. The maximum Gasteiger partial charge on any atom is 0.254 e. The summed E-state index contributed by atoms with van der Waals surface area (Å²) in [5, 5.41) is 4.21. The lowest BCUT2D eigenvalue weighted by atomic mass is 10.0. The third kappa shape index (κ3) is 2.76. The van der Waals surface area contributed by atoms with Crippen LogP contribution in [0.3, 0.4) is 0 Å². The SMILES string of the molecule is O=C(c1cc(-c2ccccc2)nc2ccccc12)N1CCNCC1. The first-order valence-electron chi connectivity index (χ1n) is 8.28. The number of hydrogen-bond acceptors (Lipinski definition) is 3. The second-order valence-corrected chi connectivity index (χ2v) is 5.98. The Morgan fingerprint density at radius 1 is 0.958 bits per heavy atom. The fourth-order valence-electron chi connectivity index (χ4n) is 3.15. The summed E-state index contributed by atoms with van der Waals surface area (Å²) < 4.78 is 0. The van der Waals surface area contributed by atoms with Crippen LogP contribution in [0, 0.1) is 0 Å². The normalized spacial score (nSPS) is 14.8. The number of benzene rings is 2. The van der Waals surface area contributed by atoms with E-state index >= 15 is 0 Å². The Morgan fingerprint density at radius 3 is 2.46 bits per heavy atom. The molecule has 0 atom stereocenters. The van der Waals surface area contributed by atoms with Crippen LogP contribution in [-0.2, 0) is 0 Å². The van der Waals surface area contributed by atoms with Gasteiger partial charge < -0.3 is 10.2 Å². The molecule has 0 aliphatic carbocycles. The molecule has 1 fully saturated rings. The molecular weight excluding hydrogens is 298 g/mol. The van der Waals surface area contributed by atoms with Gasteiger partial charge in [-0.05, 0) is 12.1 Å². The van der Waals surface area contributed by atoms with E-state index in [1.54, 1.807) is 0 Å². The average molecular weight is 317 g/mol. The maximum atomic E-state index is 13.1. The number of piperazine rings is 1. The molecule has 1 aliphatic rings. The van der Waals surface area contributed by atoms with Crippen LogP contribution < -0.4 is 5.32 Å². The Bertz CT molecular complexity index is 870. The number of nitrogens with zero attached hydrogens (tertiary/aromatic N) is 2. The third-order valence-electron chi connectivity index (χ3n) is 4.42. The molecule has 24 heavy (non-hydrogen) atoms. The van der Waals surface area contributed by atoms with E-state index in [0.29, 0.717) is 0 Å². The number of pyridine rings is 1. The zero-order valence-corrected chi connectivity index (χ0v) is 13.4. The quantitative estimate of drug-likeness (QED) is 0.790. The van der Waals surface area contributed by atoms with Crippen LogP contribution in [-0.4, -0.2) is 42.0 Å². The zero-order chi connectivity index (χ0) is 16.4. The van der Waals surface area contributed by atoms with E-state index in [4.69, 9.17) is 4.98 Å². The fourth-order valence-corrected chi connectivity index (χ4v) is 3.15. The number of hydrogen-bond donors (Lipinski definition) is 1. The number of rotatable bonds is 2. The number of nitrogens with one attached hydrogen (secondary N) is 1. The molecule has 0 spiro atoms. The highest BCUT2D eigenvalue weighted by Crippen LogP contribution is 2.25. The van der Waals surface area contributed by atoms with Gasteiger partial charge in [-0.1, -0.05) is 48.5 Å². The summed E-state index contributed by atoms with van der Waals surface area (Å²) >= 11 is 0. The Balaban J connectivity index is 1.85. The van der Waals surface area contributed by atoms with Crippen molar-refractivity contribution in [1.29, 1.82) is 0 Å². The first kappa shape index (κ1) is 14.8. The molecule has 0 saturated carbocycles. The van der Waals surface area contributed by atoms with Gasteiger partial charge in [-0.2, -0.15) is 0 Å². The van der Waals surface area contributed by atoms with Crippen LogP contribution in [0.15, 0.2) is 60.7 Å². The minimum Gasteiger partial charge on any atom is -0.336 e. The van der Waals surface area contributed by atoms with Crippen LogP contribution >= 0.6 is 0 Å². The largest absolute Gasteiger partial charge is 0.336 e. The summed E-state index contributed by atoms with van der Waals surface area (Å²) in [5.41, 5.74) is 3.46. The van der Waals surface area contributed by atoms with Crippen molar-refractivity contribution in [2.45, 2.75) is 0 Å². The van der Waals surface area contributed by atoms with Gasteiger partial charge in [0.25, 0.3) is 5.91 Å². The third-order valence-corrected chi connectivity index (χ3v) is 4.42. The molecule has 1 amide bonds. The molecule has 1 aliphatic heterocycles. The molecule has 4 nitrogen and oxygen atoms in total. The standard InChI is InChI=1S/C20H19N3O/c24-20(23-12-10-21-11-13-23)17-14-19(15-6-2-1-3-7-15)22-18-9-5-4-8-16(17)18/h1-9,14,21H,10-13H2. The van der Waals surface area contributed by atoms with Crippen molar-refractivity contribution in [2.24, 2.45) is 0 Å². The van der Waals surface area contributed by atoms with Gasteiger partial charge in [-0.3, -0.25) is 4.79 Å². The Hall–Kier alpha value is -2.72. The van der Waals surface area contributed by atoms with E-state index in [-0.39, 0.29) is 5.91 Å². The molecule has 2 heterocycles. The predicted molar refractivity (Wildman–Crippen MR) is 96.0 cm³/mol. The van der Waals surface area contributed by atoms with E-state index in [0.717, 1.165) is 53.9 Å². The Morgan fingerprint density at radius 2 is 1.67 bits per heavy atom. The van der Waals surface area contributed by atoms with Gasteiger partial charge in [0, 0.05) is 37.1 Å². The van der Waals surface area contributed by atoms with Crippen molar-refractivity contribution in [2.75, 3.05) is 26.2 Å². The van der Waals surface area contributed by atoms with Gasteiger partial charge in [-0.25, -0.2) is 4.98 Å². The van der Waals surface area contributed by atoms with Crippen molar-refractivity contribution in [3.8, 4) is 11.3 Å². The summed E-state index contributed by atoms with van der Waals surface area (Å²) in [7, 11) is 0. The lowest BCUT2D eigenvalue weighted by molar-refractivity contribution is 0.0738. The topological polar surface area (TPSA) is 45.2 Å². The number of amides is 1. The van der Waals surface area contributed by atoms with E-state index < -0.39 is 0 Å². The molecule has 120 valence electrons. The van der Waals surface area contributed by atoms with Crippen LogP contribution in [0.1, 0.15) is 10.4 Å². The Labute approximate surface area is 141 Å². The molecular formula is C20H19N3O. The first-order valence-corrected chi connectivity index (χ1v) is 8.28. The zero-order valence-electron chi connectivity index (χ0n) is 13.4.